The van der Waals surface area contributed by atoms with E-state index in [1.807, 2.05) is 0 Å². The Morgan fingerprint density at radius 2 is 1.17 bits per heavy atom. The van der Waals surface area contributed by atoms with Crippen LogP contribution in [0, 0.1) is 0 Å². The van der Waals surface area contributed by atoms with Crippen LogP contribution in [0.4, 0.5) is 0 Å². The van der Waals surface area contributed by atoms with Crippen LogP contribution in [-0.4, -0.2) is 13.3 Å². The molecule has 12 heavy (non-hydrogen) atoms. The summed E-state index contributed by atoms with van der Waals surface area (Å²) in [6, 6.07) is 0. The zero-order valence-corrected chi connectivity index (χ0v) is 11.9. The van der Waals surface area contributed by atoms with Gasteiger partial charge in [-0.15, -0.1) is 0 Å². The summed E-state index contributed by atoms with van der Waals surface area (Å²) in [5.41, 5.74) is 0. The van der Waals surface area contributed by atoms with Crippen LogP contribution >= 0.6 is 64.0 Å². The van der Waals surface area contributed by atoms with Crippen molar-refractivity contribution in [2.24, 2.45) is 13.5 Å². The number of nitrogens with zero attached hydrogens (tertiary/aromatic N) is 3. The summed E-state index contributed by atoms with van der Waals surface area (Å²) in [4.78, 5) is 0. The molecule has 0 N–H and O–H groups in total. The van der Waals surface area contributed by atoms with Gasteiger partial charge in [-0.25, -0.2) is 4.52 Å². The van der Waals surface area contributed by atoms with Crippen LogP contribution in [0.25, 0.3) is 0 Å². The van der Waals surface area contributed by atoms with Crippen LogP contribution in [0.15, 0.2) is 13.5 Å². The third-order valence-corrected chi connectivity index (χ3v) is 12.7. The minimum atomic E-state index is -2.64. The summed E-state index contributed by atoms with van der Waals surface area (Å²) in [5, 5.41) is 0. The number of rotatable bonds is 0. The van der Waals surface area contributed by atoms with Gasteiger partial charge in [0, 0.05) is 13.3 Å². The van der Waals surface area contributed by atoms with Crippen molar-refractivity contribution in [1.82, 2.24) is 0 Å². The Bertz CT molecular complexity index is 280. The molecule has 0 bridgehead atoms. The zero-order chi connectivity index (χ0) is 9.62. The maximum absolute atomic E-state index is 5.96. The van der Waals surface area contributed by atoms with Gasteiger partial charge in [0.15, 0.2) is 13.1 Å². The van der Waals surface area contributed by atoms with E-state index in [1.54, 1.807) is 13.3 Å². The quantitative estimate of drug-likeness (QED) is 0.476. The highest BCUT2D eigenvalue weighted by atomic mass is 35.9. The monoisotopic (exact) mass is 305 g/mol. The van der Waals surface area contributed by atoms with Crippen LogP contribution < -0.4 is 0 Å². The van der Waals surface area contributed by atoms with Gasteiger partial charge in [-0.2, -0.15) is 9.03 Å². The van der Waals surface area contributed by atoms with Gasteiger partial charge in [0.25, 0.3) is 5.91 Å². The maximum atomic E-state index is 5.96. The molecule has 1 aliphatic heterocycles. The smallest absolute Gasteiger partial charge is 0.212 e. The second kappa shape index (κ2) is 3.46. The Labute approximate surface area is 90.6 Å². The summed E-state index contributed by atoms with van der Waals surface area (Å²) in [6.45, 7) is -1.10. The lowest BCUT2D eigenvalue weighted by Crippen LogP contribution is -1.70. The van der Waals surface area contributed by atoms with Crippen molar-refractivity contribution < 1.29 is 0 Å². The average molecular weight is 307 g/mol. The normalized spacial score (nSPS) is 45.5. The first-order chi connectivity index (χ1) is 5.12. The van der Waals surface area contributed by atoms with E-state index in [1.165, 1.54) is 0 Å². The molecular formula is C2H6Cl4N3P3. The van der Waals surface area contributed by atoms with E-state index in [2.05, 4.69) is 13.5 Å². The molecule has 0 saturated heterocycles. The van der Waals surface area contributed by atoms with Gasteiger partial charge in [0.05, 0.1) is 0 Å². The molecule has 0 aromatic rings. The van der Waals surface area contributed by atoms with Crippen molar-refractivity contribution in [3.05, 3.63) is 0 Å². The Morgan fingerprint density at radius 3 is 1.50 bits per heavy atom. The molecular weight excluding hydrogens is 301 g/mol. The second-order valence-electron chi connectivity index (χ2n) is 2.34. The molecule has 0 fully saturated rings. The fraction of sp³-hybridized carbons (Fsp3) is 1.00. The first kappa shape index (κ1) is 11.9. The van der Waals surface area contributed by atoms with Crippen LogP contribution in [0.3, 0.4) is 0 Å². The third kappa shape index (κ3) is 3.54. The van der Waals surface area contributed by atoms with Gasteiger partial charge in [-0.05, 0) is 22.5 Å². The molecule has 0 radical (unpaired) electrons. The van der Waals surface area contributed by atoms with Crippen molar-refractivity contribution in [2.75, 3.05) is 13.3 Å². The molecule has 1 aliphatic rings. The summed E-state index contributed by atoms with van der Waals surface area (Å²) in [5.74, 6) is -2.64. The van der Waals surface area contributed by atoms with E-state index in [9.17, 15) is 0 Å². The Balaban J connectivity index is 3.46. The van der Waals surface area contributed by atoms with E-state index in [4.69, 9.17) is 45.0 Å². The highest BCUT2D eigenvalue weighted by molar-refractivity contribution is 8.17. The van der Waals surface area contributed by atoms with E-state index in [-0.39, 0.29) is 0 Å². The van der Waals surface area contributed by atoms with Crippen LogP contribution in [0.5, 0.6) is 0 Å². The number of hydrogen-bond donors (Lipinski definition) is 0. The molecule has 1 heterocycles. The summed E-state index contributed by atoms with van der Waals surface area (Å²) < 4.78 is 12.1. The largest absolute Gasteiger partial charge is 0.255 e. The SMILES string of the molecule is C[P@]1(Cl)=NP(Cl)(Cl)=N[P@@](C)(Cl)=N1. The zero-order valence-electron chi connectivity index (χ0n) is 6.20. The summed E-state index contributed by atoms with van der Waals surface area (Å²) in [6.07, 6.45) is 0. The van der Waals surface area contributed by atoms with Gasteiger partial charge >= 0.3 is 0 Å². The molecule has 72 valence electrons. The number of hydrogen-bond acceptors (Lipinski definition) is 3. The fourth-order valence-corrected chi connectivity index (χ4v) is 18.1. The van der Waals surface area contributed by atoms with E-state index < -0.39 is 19.0 Å². The van der Waals surface area contributed by atoms with Gasteiger partial charge in [0.1, 0.15) is 0 Å². The predicted molar refractivity (Wildman–Crippen MR) is 63.3 cm³/mol. The predicted octanol–water partition coefficient (Wildman–Crippen LogP) is 6.22. The molecule has 0 unspecified atom stereocenters. The van der Waals surface area contributed by atoms with E-state index >= 15 is 0 Å². The van der Waals surface area contributed by atoms with Crippen LogP contribution in [0.2, 0.25) is 0 Å². The molecule has 1 rings (SSSR count). The van der Waals surface area contributed by atoms with Crippen molar-refractivity contribution in [2.45, 2.75) is 0 Å². The Kier molecular flexibility index (Phi) is 3.43. The van der Waals surface area contributed by atoms with Crippen molar-refractivity contribution in [3.8, 4) is 0 Å². The summed E-state index contributed by atoms with van der Waals surface area (Å²) in [7, 11) is 0. The van der Waals surface area contributed by atoms with Crippen LogP contribution in [0.1, 0.15) is 0 Å². The second-order valence-corrected chi connectivity index (χ2v) is 15.8. The Hall–Kier alpha value is 1.85. The first-order valence-corrected chi connectivity index (χ1v) is 12.4. The lowest BCUT2D eigenvalue weighted by atomic mass is 12.0. The van der Waals surface area contributed by atoms with Crippen molar-refractivity contribution in [1.29, 1.82) is 0 Å². The molecule has 2 atom stereocenters. The summed E-state index contributed by atoms with van der Waals surface area (Å²) >= 11 is 23.5. The molecule has 0 saturated carbocycles. The van der Waals surface area contributed by atoms with Crippen LogP contribution in [-0.2, 0) is 0 Å². The fourth-order valence-electron chi connectivity index (χ4n) is 0.744. The lowest BCUT2D eigenvalue weighted by molar-refractivity contribution is 1.73. The molecule has 0 spiro atoms. The third-order valence-electron chi connectivity index (χ3n) is 0.868. The molecule has 0 aromatic heterocycles. The average Bonchev–Trinajstić information content (AvgIpc) is 1.44. The minimum Gasteiger partial charge on any atom is -0.212 e. The van der Waals surface area contributed by atoms with Gasteiger partial charge in [-0.3, -0.25) is 0 Å². The molecule has 0 amide bonds. The van der Waals surface area contributed by atoms with E-state index in [0.717, 1.165) is 0 Å². The highest BCUT2D eigenvalue weighted by Gasteiger charge is 2.26. The molecule has 0 aromatic carbocycles. The topological polar surface area (TPSA) is 37.1 Å². The molecule has 10 heteroatoms. The molecule has 3 nitrogen and oxygen atoms in total. The van der Waals surface area contributed by atoms with E-state index in [0.29, 0.717) is 0 Å². The highest BCUT2D eigenvalue weighted by Crippen LogP contribution is 2.83. The van der Waals surface area contributed by atoms with Gasteiger partial charge in [-0.1, -0.05) is 22.5 Å². The minimum absolute atomic E-state index is 1.70. The van der Waals surface area contributed by atoms with Crippen molar-refractivity contribution in [3.63, 3.8) is 0 Å². The first-order valence-electron chi connectivity index (χ1n) is 2.77. The maximum Gasteiger partial charge on any atom is 0.255 e. The molecule has 0 aliphatic carbocycles. The Morgan fingerprint density at radius 1 is 0.750 bits per heavy atom. The lowest BCUT2D eigenvalue weighted by Gasteiger charge is -2.19. The van der Waals surface area contributed by atoms with Crippen molar-refractivity contribution >= 4 is 64.0 Å². The standard InChI is InChI=1S/C2H6Cl4N3P3/c1-10(3)7-11(2,4)9-12(5,6)8-10/h1-2H3/t10-,11+. The van der Waals surface area contributed by atoms with Gasteiger partial charge in [0.2, 0.25) is 0 Å². The number of halogens is 4. The van der Waals surface area contributed by atoms with Gasteiger partial charge < -0.3 is 0 Å².